The molecule has 0 radical (unpaired) electrons. The van der Waals surface area contributed by atoms with Crippen molar-refractivity contribution in [2.24, 2.45) is 9.98 Å². The molecule has 0 saturated heterocycles. The summed E-state index contributed by atoms with van der Waals surface area (Å²) < 4.78 is 11.5. The Kier molecular flexibility index (Phi) is 2.63. The number of benzene rings is 2. The van der Waals surface area contributed by atoms with Crippen LogP contribution in [-0.4, -0.2) is 16.9 Å². The van der Waals surface area contributed by atoms with Crippen molar-refractivity contribution in [3.05, 3.63) is 71.8 Å². The minimum Gasteiger partial charge on any atom is -0.376 e. The summed E-state index contributed by atoms with van der Waals surface area (Å²) in [5.74, 6) is 1.14. The third-order valence-corrected chi connectivity index (χ3v) is 3.99. The van der Waals surface area contributed by atoms with Crippen LogP contribution in [0.3, 0.4) is 0 Å². The zero-order valence-corrected chi connectivity index (χ0v) is 11.2. The van der Waals surface area contributed by atoms with E-state index in [1.807, 2.05) is 60.7 Å². The molecule has 0 fully saturated rings. The van der Waals surface area contributed by atoms with E-state index in [1.54, 1.807) is 0 Å². The topological polar surface area (TPSA) is 43.2 Å². The van der Waals surface area contributed by atoms with Gasteiger partial charge in [0.05, 0.1) is 0 Å². The first-order valence-corrected chi connectivity index (χ1v) is 7.24. The predicted octanol–water partition coefficient (Wildman–Crippen LogP) is 3.13. The molecule has 2 aromatic rings. The maximum atomic E-state index is 5.73. The summed E-state index contributed by atoms with van der Waals surface area (Å²) in [4.78, 5) is 8.81. The van der Waals surface area contributed by atoms with Gasteiger partial charge in [0.25, 0.3) is 5.11 Å². The van der Waals surface area contributed by atoms with E-state index in [0.29, 0.717) is 16.9 Å². The van der Waals surface area contributed by atoms with Gasteiger partial charge in [-0.1, -0.05) is 36.4 Å². The van der Waals surface area contributed by atoms with E-state index < -0.39 is 11.0 Å². The Bertz CT molecular complexity index is 688. The quantitative estimate of drug-likeness (QED) is 0.794. The number of hydrogen-bond acceptors (Lipinski definition) is 4. The Hall–Kier alpha value is -2.40. The van der Waals surface area contributed by atoms with Crippen molar-refractivity contribution in [1.82, 2.24) is 0 Å². The van der Waals surface area contributed by atoms with Crippen LogP contribution in [-0.2, 0) is 8.37 Å². The van der Waals surface area contributed by atoms with E-state index in [1.165, 1.54) is 0 Å². The second-order valence-corrected chi connectivity index (χ2v) is 5.42. The van der Waals surface area contributed by atoms with Crippen LogP contribution >= 0.6 is 11.0 Å². The van der Waals surface area contributed by atoms with Crippen LogP contribution < -0.4 is 0 Å². The molecule has 0 saturated carbocycles. The fraction of sp³-hybridized carbons (Fsp3) is 0. The smallest absolute Gasteiger partial charge is 0.262 e. The molecule has 0 atom stereocenters. The zero-order valence-electron chi connectivity index (χ0n) is 10.4. The Balaban J connectivity index is 1.62. The van der Waals surface area contributed by atoms with Crippen molar-refractivity contribution in [2.75, 3.05) is 0 Å². The third-order valence-electron chi connectivity index (χ3n) is 2.89. The lowest BCUT2D eigenvalue weighted by atomic mass is 10.2. The van der Waals surface area contributed by atoms with Gasteiger partial charge in [0.15, 0.2) is 0 Å². The van der Waals surface area contributed by atoms with E-state index in [4.69, 9.17) is 8.37 Å². The average Bonchev–Trinajstić information content (AvgIpc) is 3.08. The Morgan fingerprint density at radius 3 is 1.50 bits per heavy atom. The van der Waals surface area contributed by atoms with Crippen molar-refractivity contribution in [3.63, 3.8) is 0 Å². The molecule has 2 aromatic carbocycles. The average molecular weight is 282 g/mol. The molecular formula is C15H10N2O2S. The molecule has 0 N–H and O–H groups in total. The maximum Gasteiger partial charge on any atom is 0.262 e. The van der Waals surface area contributed by atoms with Crippen LogP contribution in [0.5, 0.6) is 0 Å². The third kappa shape index (κ3) is 1.92. The molecule has 0 unspecified atom stereocenters. The van der Waals surface area contributed by atoms with Gasteiger partial charge >= 0.3 is 0 Å². The number of rotatable bonds is 2. The molecule has 5 heteroatoms. The minimum atomic E-state index is -0.820. The molecule has 0 bridgehead atoms. The van der Waals surface area contributed by atoms with E-state index in [0.717, 1.165) is 11.1 Å². The lowest BCUT2D eigenvalue weighted by Gasteiger charge is -2.06. The van der Waals surface area contributed by atoms with Crippen molar-refractivity contribution in [2.45, 2.75) is 0 Å². The van der Waals surface area contributed by atoms with E-state index in [2.05, 4.69) is 9.98 Å². The van der Waals surface area contributed by atoms with Gasteiger partial charge in [-0.25, -0.2) is 0 Å². The lowest BCUT2D eigenvalue weighted by molar-refractivity contribution is 0.539. The summed E-state index contributed by atoms with van der Waals surface area (Å²) in [6.07, 6.45) is 0. The molecule has 0 aromatic heterocycles. The molecule has 2 aliphatic heterocycles. The first-order valence-electron chi connectivity index (χ1n) is 6.16. The number of aliphatic imine (C=N–C) groups is 2. The summed E-state index contributed by atoms with van der Waals surface area (Å²) in [5, 5.41) is 0.600. The van der Waals surface area contributed by atoms with Crippen LogP contribution in [0.2, 0.25) is 0 Å². The minimum absolute atomic E-state index is 0.569. The second-order valence-electron chi connectivity index (χ2n) is 4.25. The molecule has 2 heterocycles. The van der Waals surface area contributed by atoms with E-state index in [-0.39, 0.29) is 0 Å². The highest BCUT2D eigenvalue weighted by Crippen LogP contribution is 2.34. The summed E-state index contributed by atoms with van der Waals surface area (Å²) in [5.41, 5.74) is 1.86. The Labute approximate surface area is 118 Å². The van der Waals surface area contributed by atoms with Crippen molar-refractivity contribution in [3.8, 4) is 0 Å². The molecule has 2 aliphatic rings. The van der Waals surface area contributed by atoms with Crippen molar-refractivity contribution < 1.29 is 8.37 Å². The van der Waals surface area contributed by atoms with Crippen LogP contribution in [0.15, 0.2) is 70.6 Å². The number of hydrogen-bond donors (Lipinski definition) is 0. The van der Waals surface area contributed by atoms with Crippen molar-refractivity contribution in [1.29, 1.82) is 0 Å². The second kappa shape index (κ2) is 4.61. The van der Waals surface area contributed by atoms with Gasteiger partial charge in [0, 0.05) is 11.1 Å². The molecule has 0 amide bonds. The molecule has 0 aliphatic carbocycles. The molecule has 4 rings (SSSR count). The van der Waals surface area contributed by atoms with Gasteiger partial charge in [-0.3, -0.25) is 0 Å². The summed E-state index contributed by atoms with van der Waals surface area (Å²) in [6.45, 7) is 0. The van der Waals surface area contributed by atoms with Crippen LogP contribution in [0, 0.1) is 0 Å². The maximum absolute atomic E-state index is 5.73. The van der Waals surface area contributed by atoms with Gasteiger partial charge in [-0.15, -0.1) is 0 Å². The highest BCUT2D eigenvalue weighted by atomic mass is 32.2. The fourth-order valence-corrected chi connectivity index (χ4v) is 2.98. The normalized spacial score (nSPS) is 17.1. The Morgan fingerprint density at radius 2 is 1.10 bits per heavy atom. The highest BCUT2D eigenvalue weighted by Gasteiger charge is 2.29. The van der Waals surface area contributed by atoms with Gasteiger partial charge in [0.1, 0.15) is 0 Å². The highest BCUT2D eigenvalue weighted by molar-refractivity contribution is 8.08. The van der Waals surface area contributed by atoms with Crippen LogP contribution in [0.1, 0.15) is 11.1 Å². The molecule has 20 heavy (non-hydrogen) atoms. The first kappa shape index (κ1) is 11.4. The molecular weight excluding hydrogens is 272 g/mol. The molecule has 0 spiro atoms. The summed E-state index contributed by atoms with van der Waals surface area (Å²) in [6, 6.07) is 19.5. The van der Waals surface area contributed by atoms with Crippen LogP contribution in [0.4, 0.5) is 0 Å². The van der Waals surface area contributed by atoms with E-state index >= 15 is 0 Å². The number of nitrogens with zero attached hydrogens (tertiary/aromatic N) is 2. The molecule has 98 valence electrons. The van der Waals surface area contributed by atoms with Crippen LogP contribution in [0.25, 0.3) is 0 Å². The predicted molar refractivity (Wildman–Crippen MR) is 80.7 cm³/mol. The summed E-state index contributed by atoms with van der Waals surface area (Å²) in [7, 11) is 0. The van der Waals surface area contributed by atoms with Gasteiger partial charge in [0.2, 0.25) is 22.8 Å². The monoisotopic (exact) mass is 282 g/mol. The van der Waals surface area contributed by atoms with Gasteiger partial charge < -0.3 is 8.37 Å². The standard InChI is InChI=1S/C15H10N2O2S/c1-3-7-11(8-4-1)13-16-15-17-14(19-20(15)18-13)12-9-5-2-6-10-12/h1-10H. The lowest BCUT2D eigenvalue weighted by Crippen LogP contribution is -2.05. The van der Waals surface area contributed by atoms with Gasteiger partial charge in [-0.2, -0.15) is 9.98 Å². The fourth-order valence-electron chi connectivity index (χ4n) is 1.93. The molecule has 4 nitrogen and oxygen atoms in total. The van der Waals surface area contributed by atoms with Gasteiger partial charge in [-0.05, 0) is 24.3 Å². The largest absolute Gasteiger partial charge is 0.376 e. The first-order chi connectivity index (χ1) is 9.90. The Morgan fingerprint density at radius 1 is 0.650 bits per heavy atom. The summed E-state index contributed by atoms with van der Waals surface area (Å²) >= 11 is -0.820. The zero-order chi connectivity index (χ0) is 13.4. The van der Waals surface area contributed by atoms with E-state index in [9.17, 15) is 0 Å². The van der Waals surface area contributed by atoms with Crippen molar-refractivity contribution >= 4 is 28.0 Å². The SMILES string of the molecule is c1ccc(C2=NC3=S(O2)OC(c2ccccc2)=N3)cc1.